The monoisotopic (exact) mass is 398 g/mol. The molecule has 0 unspecified atom stereocenters. The van der Waals surface area contributed by atoms with Crippen molar-refractivity contribution in [2.45, 2.75) is 64.0 Å². The van der Waals surface area contributed by atoms with Crippen LogP contribution in [-0.2, 0) is 13.9 Å². The van der Waals surface area contributed by atoms with Crippen LogP contribution in [0.3, 0.4) is 0 Å². The van der Waals surface area contributed by atoms with E-state index in [1.807, 2.05) is 6.92 Å². The van der Waals surface area contributed by atoms with Crippen LogP contribution < -0.4 is 5.32 Å². The van der Waals surface area contributed by atoms with Gasteiger partial charge >= 0.3 is 12.2 Å². The van der Waals surface area contributed by atoms with Crippen LogP contribution in [0.2, 0.25) is 18.1 Å². The predicted molar refractivity (Wildman–Crippen MR) is 108 cm³/mol. The third-order valence-electron chi connectivity index (χ3n) is 5.08. The molecule has 0 aromatic carbocycles. The molecule has 1 aliphatic heterocycles. The first kappa shape index (κ1) is 23.2. The standard InChI is InChI=1S/C19H34N2O5Si/c1-9-11-24-16(22)20-15-13-19(6,26-27(7,8)18(3,4)5)21(14-15)17(23)25-12-10-2/h9-10,15H,1-2,11-14H2,3-8H3,(H,20,22)/t15-,19-/m0/s1. The molecule has 0 radical (unpaired) electrons. The number of rotatable bonds is 7. The number of hydrogen-bond donors (Lipinski definition) is 1. The number of likely N-dealkylation sites (tertiary alicyclic amines) is 1. The minimum atomic E-state index is -2.18. The summed E-state index contributed by atoms with van der Waals surface area (Å²) in [5.74, 6) is 0. The van der Waals surface area contributed by atoms with Crippen LogP contribution in [0.4, 0.5) is 9.59 Å². The first-order chi connectivity index (χ1) is 12.4. The first-order valence-corrected chi connectivity index (χ1v) is 12.1. The first-order valence-electron chi connectivity index (χ1n) is 9.16. The van der Waals surface area contributed by atoms with Crippen molar-refractivity contribution in [1.82, 2.24) is 10.2 Å². The fourth-order valence-corrected chi connectivity index (χ4v) is 4.36. The molecule has 27 heavy (non-hydrogen) atoms. The van der Waals surface area contributed by atoms with Crippen LogP contribution in [0.25, 0.3) is 0 Å². The van der Waals surface area contributed by atoms with E-state index in [2.05, 4.69) is 52.3 Å². The molecule has 0 saturated carbocycles. The Hall–Kier alpha value is -1.80. The minimum Gasteiger partial charge on any atom is -0.445 e. The summed E-state index contributed by atoms with van der Waals surface area (Å²) in [4.78, 5) is 26.0. The second-order valence-corrected chi connectivity index (χ2v) is 13.2. The average Bonchev–Trinajstić information content (AvgIpc) is 2.84. The van der Waals surface area contributed by atoms with E-state index in [4.69, 9.17) is 13.9 Å². The second kappa shape index (κ2) is 8.92. The van der Waals surface area contributed by atoms with Crippen LogP contribution >= 0.6 is 0 Å². The summed E-state index contributed by atoms with van der Waals surface area (Å²) in [5.41, 5.74) is -0.877. The number of amides is 2. The van der Waals surface area contributed by atoms with Gasteiger partial charge in [0.05, 0.1) is 6.04 Å². The molecule has 8 heteroatoms. The van der Waals surface area contributed by atoms with Gasteiger partial charge in [0.2, 0.25) is 0 Å². The molecule has 1 fully saturated rings. The van der Waals surface area contributed by atoms with Gasteiger partial charge in [-0.3, -0.25) is 4.90 Å². The maximum absolute atomic E-state index is 12.6. The summed E-state index contributed by atoms with van der Waals surface area (Å²) < 4.78 is 16.8. The summed E-state index contributed by atoms with van der Waals surface area (Å²) >= 11 is 0. The maximum Gasteiger partial charge on any atom is 0.412 e. The van der Waals surface area contributed by atoms with Gasteiger partial charge in [-0.2, -0.15) is 0 Å². The van der Waals surface area contributed by atoms with Crippen molar-refractivity contribution >= 4 is 20.5 Å². The summed E-state index contributed by atoms with van der Waals surface area (Å²) in [6.07, 6.45) is 2.43. The highest BCUT2D eigenvalue weighted by molar-refractivity contribution is 6.74. The predicted octanol–water partition coefficient (Wildman–Crippen LogP) is 4.03. The zero-order chi connectivity index (χ0) is 20.9. The molecule has 1 heterocycles. The Kier molecular flexibility index (Phi) is 7.68. The highest BCUT2D eigenvalue weighted by atomic mass is 28.4. The molecular formula is C19H34N2O5Si. The number of hydrogen-bond acceptors (Lipinski definition) is 5. The number of nitrogens with zero attached hydrogens (tertiary/aromatic N) is 1. The van der Waals surface area contributed by atoms with Gasteiger partial charge in [0.15, 0.2) is 8.32 Å². The van der Waals surface area contributed by atoms with Crippen molar-refractivity contribution < 1.29 is 23.5 Å². The molecule has 1 N–H and O–H groups in total. The summed E-state index contributed by atoms with van der Waals surface area (Å²) in [5, 5.41) is 2.76. The van der Waals surface area contributed by atoms with Crippen molar-refractivity contribution in [1.29, 1.82) is 0 Å². The smallest absolute Gasteiger partial charge is 0.412 e. The summed E-state index contributed by atoms with van der Waals surface area (Å²) in [6, 6.07) is -0.298. The van der Waals surface area contributed by atoms with Gasteiger partial charge in [-0.25, -0.2) is 9.59 Å². The van der Waals surface area contributed by atoms with Gasteiger partial charge in [-0.1, -0.05) is 46.1 Å². The fourth-order valence-electron chi connectivity index (χ4n) is 2.76. The van der Waals surface area contributed by atoms with Crippen molar-refractivity contribution in [2.75, 3.05) is 19.8 Å². The van der Waals surface area contributed by atoms with Gasteiger partial charge in [-0.15, -0.1) is 0 Å². The molecule has 1 aliphatic rings. The molecule has 0 aromatic heterocycles. The van der Waals surface area contributed by atoms with E-state index in [0.29, 0.717) is 6.42 Å². The molecule has 2 amide bonds. The van der Waals surface area contributed by atoms with E-state index >= 15 is 0 Å². The molecule has 1 saturated heterocycles. The highest BCUT2D eigenvalue weighted by Crippen LogP contribution is 2.43. The molecule has 1 rings (SSSR count). The number of alkyl carbamates (subject to hydrolysis) is 1. The Bertz CT molecular complexity index is 573. The lowest BCUT2D eigenvalue weighted by Gasteiger charge is -2.45. The quantitative estimate of drug-likeness (QED) is 0.517. The lowest BCUT2D eigenvalue weighted by molar-refractivity contribution is -0.0438. The summed E-state index contributed by atoms with van der Waals surface area (Å²) in [7, 11) is -2.18. The van der Waals surface area contributed by atoms with Gasteiger partial charge < -0.3 is 19.2 Å². The zero-order valence-electron chi connectivity index (χ0n) is 17.5. The average molecular weight is 399 g/mol. The molecule has 0 aromatic rings. The lowest BCUT2D eigenvalue weighted by atomic mass is 10.1. The Morgan fingerprint density at radius 3 is 2.30 bits per heavy atom. The van der Waals surface area contributed by atoms with Crippen LogP contribution in [0.15, 0.2) is 25.3 Å². The Labute approximate surface area is 163 Å². The molecule has 0 bridgehead atoms. The molecular weight excluding hydrogens is 364 g/mol. The lowest BCUT2D eigenvalue weighted by Crippen LogP contribution is -2.55. The second-order valence-electron chi connectivity index (χ2n) is 8.45. The zero-order valence-corrected chi connectivity index (χ0v) is 18.5. The fraction of sp³-hybridized carbons (Fsp3) is 0.684. The van der Waals surface area contributed by atoms with Gasteiger partial charge in [0, 0.05) is 13.0 Å². The van der Waals surface area contributed by atoms with E-state index in [0.717, 1.165) is 0 Å². The summed E-state index contributed by atoms with van der Waals surface area (Å²) in [6.45, 7) is 20.2. The van der Waals surface area contributed by atoms with Gasteiger partial charge in [-0.05, 0) is 25.1 Å². The number of carbonyl (C=O) groups excluding carboxylic acids is 2. The van der Waals surface area contributed by atoms with Crippen LogP contribution in [0, 0.1) is 0 Å². The molecule has 7 nitrogen and oxygen atoms in total. The normalized spacial score (nSPS) is 22.9. The Balaban J connectivity index is 3.00. The molecule has 0 aliphatic carbocycles. The number of nitrogens with one attached hydrogen (secondary N) is 1. The van der Waals surface area contributed by atoms with E-state index in [1.54, 1.807) is 4.90 Å². The Morgan fingerprint density at radius 2 is 1.78 bits per heavy atom. The highest BCUT2D eigenvalue weighted by Gasteiger charge is 2.52. The topological polar surface area (TPSA) is 77.1 Å². The van der Waals surface area contributed by atoms with Crippen LogP contribution in [0.1, 0.15) is 34.1 Å². The third kappa shape index (κ3) is 6.10. The number of ether oxygens (including phenoxy) is 2. The van der Waals surface area contributed by atoms with E-state index in [-0.39, 0.29) is 30.8 Å². The maximum atomic E-state index is 12.6. The minimum absolute atomic E-state index is 0.0267. The van der Waals surface area contributed by atoms with Crippen LogP contribution in [0.5, 0.6) is 0 Å². The van der Waals surface area contributed by atoms with Crippen molar-refractivity contribution in [3.05, 3.63) is 25.3 Å². The molecule has 0 spiro atoms. The largest absolute Gasteiger partial charge is 0.445 e. The Morgan fingerprint density at radius 1 is 1.22 bits per heavy atom. The third-order valence-corrected chi connectivity index (χ3v) is 9.64. The van der Waals surface area contributed by atoms with Crippen molar-refractivity contribution in [3.8, 4) is 0 Å². The van der Waals surface area contributed by atoms with Crippen molar-refractivity contribution in [2.24, 2.45) is 0 Å². The van der Waals surface area contributed by atoms with Gasteiger partial charge in [0.25, 0.3) is 0 Å². The van der Waals surface area contributed by atoms with Gasteiger partial charge in [0.1, 0.15) is 18.9 Å². The van der Waals surface area contributed by atoms with E-state index in [9.17, 15) is 9.59 Å². The molecule has 2 atom stereocenters. The van der Waals surface area contributed by atoms with E-state index < -0.39 is 26.2 Å². The SMILES string of the molecule is C=CCOC(=O)N[C@@H]1CN(C(=O)OCC=C)[C@@](C)(O[Si](C)(C)C(C)(C)C)C1. The van der Waals surface area contributed by atoms with E-state index in [1.165, 1.54) is 12.2 Å². The van der Waals surface area contributed by atoms with Crippen molar-refractivity contribution in [3.63, 3.8) is 0 Å². The molecule has 154 valence electrons. The van der Waals surface area contributed by atoms with Crippen LogP contribution in [-0.4, -0.2) is 56.9 Å². The number of carbonyl (C=O) groups is 2.